The van der Waals surface area contributed by atoms with Gasteiger partial charge in [0.1, 0.15) is 0 Å². The third-order valence-electron chi connectivity index (χ3n) is 4.70. The summed E-state index contributed by atoms with van der Waals surface area (Å²) in [6.07, 6.45) is 5.64. The van der Waals surface area contributed by atoms with E-state index >= 15 is 0 Å². The van der Waals surface area contributed by atoms with E-state index in [1.54, 1.807) is 0 Å². The minimum atomic E-state index is -0.660. The number of aromatic hydroxyl groups is 1. The molecule has 1 heterocycles. The van der Waals surface area contributed by atoms with Gasteiger partial charge in [-0.05, 0) is 12.8 Å². The van der Waals surface area contributed by atoms with Crippen molar-refractivity contribution in [3.8, 4) is 17.2 Å². The van der Waals surface area contributed by atoms with Crippen LogP contribution in [0, 0.1) is 5.82 Å². The Kier molecular flexibility index (Phi) is 3.93. The molecule has 4 nitrogen and oxygen atoms in total. The largest absolute Gasteiger partial charge is 0.505 e. The highest BCUT2D eigenvalue weighted by atomic mass is 19.1. The number of hydrogen-bond acceptors (Lipinski definition) is 4. The van der Waals surface area contributed by atoms with E-state index in [1.165, 1.54) is 6.07 Å². The quantitative estimate of drug-likeness (QED) is 0.880. The van der Waals surface area contributed by atoms with Gasteiger partial charge in [0.25, 0.3) is 0 Å². The van der Waals surface area contributed by atoms with Crippen molar-refractivity contribution >= 4 is 0 Å². The van der Waals surface area contributed by atoms with Crippen LogP contribution in [0.4, 0.5) is 4.39 Å². The molecule has 0 bridgehead atoms. The van der Waals surface area contributed by atoms with E-state index in [0.29, 0.717) is 36.8 Å². The lowest BCUT2D eigenvalue weighted by molar-refractivity contribution is 0.260. The van der Waals surface area contributed by atoms with Gasteiger partial charge in [0.15, 0.2) is 23.1 Å². The second-order valence-corrected chi connectivity index (χ2v) is 6.00. The average Bonchev–Trinajstić information content (AvgIpc) is 2.74. The molecule has 1 aromatic rings. The van der Waals surface area contributed by atoms with Crippen LogP contribution < -0.4 is 15.2 Å². The Labute approximate surface area is 124 Å². The van der Waals surface area contributed by atoms with Crippen LogP contribution in [0.2, 0.25) is 0 Å². The van der Waals surface area contributed by atoms with Crippen LogP contribution in [0.25, 0.3) is 0 Å². The molecule has 0 amide bonds. The number of phenols is 1. The fourth-order valence-corrected chi connectivity index (χ4v) is 3.54. The SMILES string of the molecule is NCC1(c2c(O)c(F)cc3c2OCCCO3)CCCCC1. The first-order valence-corrected chi connectivity index (χ1v) is 7.69. The van der Waals surface area contributed by atoms with Gasteiger partial charge in [0.05, 0.1) is 18.8 Å². The van der Waals surface area contributed by atoms with Crippen molar-refractivity contribution < 1.29 is 19.0 Å². The Hall–Kier alpha value is -1.49. The topological polar surface area (TPSA) is 64.7 Å². The lowest BCUT2D eigenvalue weighted by Gasteiger charge is -2.38. The first kappa shape index (κ1) is 14.4. The maximum atomic E-state index is 14.1. The summed E-state index contributed by atoms with van der Waals surface area (Å²) in [5, 5.41) is 10.3. The lowest BCUT2D eigenvalue weighted by atomic mass is 9.68. The zero-order chi connectivity index (χ0) is 14.9. The highest BCUT2D eigenvalue weighted by molar-refractivity contribution is 5.58. The van der Waals surface area contributed by atoms with Crippen LogP contribution in [0.15, 0.2) is 6.07 Å². The molecule has 0 spiro atoms. The molecule has 21 heavy (non-hydrogen) atoms. The van der Waals surface area contributed by atoms with E-state index in [2.05, 4.69) is 0 Å². The third-order valence-corrected chi connectivity index (χ3v) is 4.70. The molecule has 0 atom stereocenters. The van der Waals surface area contributed by atoms with Crippen LogP contribution in [-0.2, 0) is 5.41 Å². The van der Waals surface area contributed by atoms with Crippen molar-refractivity contribution in [3.63, 3.8) is 0 Å². The van der Waals surface area contributed by atoms with Crippen molar-refractivity contribution in [2.75, 3.05) is 19.8 Å². The Morgan fingerprint density at radius 2 is 1.86 bits per heavy atom. The zero-order valence-electron chi connectivity index (χ0n) is 12.2. The van der Waals surface area contributed by atoms with Gasteiger partial charge in [-0.15, -0.1) is 0 Å². The summed E-state index contributed by atoms with van der Waals surface area (Å²) in [5.74, 6) is -0.116. The van der Waals surface area contributed by atoms with E-state index in [1.807, 2.05) is 0 Å². The summed E-state index contributed by atoms with van der Waals surface area (Å²) in [4.78, 5) is 0. The van der Waals surface area contributed by atoms with Crippen LogP contribution in [-0.4, -0.2) is 24.9 Å². The Bertz CT molecular complexity index is 527. The summed E-state index contributed by atoms with van der Waals surface area (Å²) in [6, 6.07) is 1.21. The monoisotopic (exact) mass is 295 g/mol. The number of rotatable bonds is 2. The number of ether oxygens (including phenoxy) is 2. The van der Waals surface area contributed by atoms with Crippen LogP contribution in [0.5, 0.6) is 17.2 Å². The van der Waals surface area contributed by atoms with E-state index in [4.69, 9.17) is 15.2 Å². The van der Waals surface area contributed by atoms with Gasteiger partial charge in [-0.2, -0.15) is 0 Å². The van der Waals surface area contributed by atoms with Gasteiger partial charge in [-0.1, -0.05) is 19.3 Å². The molecule has 1 aliphatic carbocycles. The maximum absolute atomic E-state index is 14.1. The van der Waals surface area contributed by atoms with Crippen molar-refractivity contribution in [3.05, 3.63) is 17.4 Å². The Morgan fingerprint density at radius 3 is 2.57 bits per heavy atom. The molecular weight excluding hydrogens is 273 g/mol. The molecule has 3 rings (SSSR count). The number of phenolic OH excluding ortho intramolecular Hbond substituents is 1. The standard InChI is InChI=1S/C16H22FNO3/c17-11-9-12-15(21-8-4-7-20-12)13(14(11)19)16(10-18)5-2-1-3-6-16/h9,19H,1-8,10,18H2. The number of fused-ring (bicyclic) bond motifs is 1. The maximum Gasteiger partial charge on any atom is 0.169 e. The van der Waals surface area contributed by atoms with E-state index < -0.39 is 11.2 Å². The molecule has 0 radical (unpaired) electrons. The fraction of sp³-hybridized carbons (Fsp3) is 0.625. The van der Waals surface area contributed by atoms with Gasteiger partial charge in [0, 0.05) is 24.4 Å². The lowest BCUT2D eigenvalue weighted by Crippen LogP contribution is -2.37. The molecule has 0 aromatic heterocycles. The second kappa shape index (κ2) is 5.72. The summed E-state index contributed by atoms with van der Waals surface area (Å²) in [5.41, 5.74) is 6.13. The van der Waals surface area contributed by atoms with Crippen molar-refractivity contribution in [2.45, 2.75) is 43.9 Å². The smallest absolute Gasteiger partial charge is 0.169 e. The first-order valence-electron chi connectivity index (χ1n) is 7.69. The Balaban J connectivity index is 2.17. The average molecular weight is 295 g/mol. The molecule has 1 saturated carbocycles. The summed E-state index contributed by atoms with van der Waals surface area (Å²) < 4.78 is 25.5. The Morgan fingerprint density at radius 1 is 1.14 bits per heavy atom. The van der Waals surface area contributed by atoms with Crippen LogP contribution in [0.3, 0.4) is 0 Å². The number of hydrogen-bond donors (Lipinski definition) is 2. The van der Waals surface area contributed by atoms with Gasteiger partial charge in [-0.25, -0.2) is 4.39 Å². The molecule has 0 unspecified atom stereocenters. The molecule has 116 valence electrons. The molecule has 0 saturated heterocycles. The highest BCUT2D eigenvalue weighted by Gasteiger charge is 2.40. The molecule has 5 heteroatoms. The van der Waals surface area contributed by atoms with Crippen molar-refractivity contribution in [1.82, 2.24) is 0 Å². The van der Waals surface area contributed by atoms with Gasteiger partial charge >= 0.3 is 0 Å². The number of nitrogens with two attached hydrogens (primary N) is 1. The molecule has 1 fully saturated rings. The van der Waals surface area contributed by atoms with E-state index in [9.17, 15) is 9.50 Å². The molecule has 2 aliphatic rings. The number of halogens is 1. The first-order chi connectivity index (χ1) is 10.2. The number of benzene rings is 1. The predicted molar refractivity (Wildman–Crippen MR) is 77.5 cm³/mol. The fourth-order valence-electron chi connectivity index (χ4n) is 3.54. The minimum Gasteiger partial charge on any atom is -0.505 e. The van der Waals surface area contributed by atoms with Crippen LogP contribution >= 0.6 is 0 Å². The summed E-state index contributed by atoms with van der Waals surface area (Å²) in [7, 11) is 0. The molecule has 1 aromatic carbocycles. The third kappa shape index (κ3) is 2.44. The normalized spacial score (nSPS) is 20.9. The van der Waals surface area contributed by atoms with E-state index in [-0.39, 0.29) is 5.75 Å². The van der Waals surface area contributed by atoms with Crippen molar-refractivity contribution in [1.29, 1.82) is 0 Å². The summed E-state index contributed by atoms with van der Waals surface area (Å²) >= 11 is 0. The predicted octanol–water partition coefficient (Wildman–Crippen LogP) is 2.85. The van der Waals surface area contributed by atoms with Gasteiger partial charge in [0.2, 0.25) is 0 Å². The van der Waals surface area contributed by atoms with Crippen molar-refractivity contribution in [2.24, 2.45) is 5.73 Å². The van der Waals surface area contributed by atoms with Crippen LogP contribution in [0.1, 0.15) is 44.1 Å². The van der Waals surface area contributed by atoms with Gasteiger partial charge in [-0.3, -0.25) is 0 Å². The molecule has 3 N–H and O–H groups in total. The summed E-state index contributed by atoms with van der Waals surface area (Å²) in [6.45, 7) is 1.37. The van der Waals surface area contributed by atoms with E-state index in [0.717, 1.165) is 38.5 Å². The minimum absolute atomic E-state index is 0.327. The highest BCUT2D eigenvalue weighted by Crippen LogP contribution is 2.51. The second-order valence-electron chi connectivity index (χ2n) is 6.00. The van der Waals surface area contributed by atoms with Gasteiger partial charge < -0.3 is 20.3 Å². The molecule has 1 aliphatic heterocycles. The molecular formula is C16H22FNO3. The zero-order valence-corrected chi connectivity index (χ0v) is 12.2.